The Morgan fingerprint density at radius 1 is 0.312 bits per heavy atom. The molecule has 6 aromatic heterocycles. The third-order valence-electron chi connectivity index (χ3n) is 15.9. The molecule has 0 amide bonds. The SMILES string of the molecule is CC(C)OC(C)c1nc(-c2ccc(S(C)(=O)=O)c(F)c2)no1.CC(C)OC(C)c1nc(-c2ccc(S(C)(=O)=O)cc2F)no1.CC(C)OCc1nc(-c2ccc(S(C)(=O)=O)c(F)c2)no1.CC(C)OCc1nc(-c2ccc(S(C)(=O)=O)cc2F)no1.[C-]#[N+]c1ccc(-c2noc(C(C)OC(C)C)n2)c(F)c1.[C-]#[N+]c1ccc(-c2noc(COC(C)C)n2)c(F)c1. The van der Waals surface area contributed by atoms with Crippen molar-refractivity contribution in [1.82, 2.24) is 60.8 Å². The molecule has 44 heteroatoms. The molecule has 0 bridgehead atoms. The molecule has 0 saturated carbocycles. The van der Waals surface area contributed by atoms with E-state index in [4.69, 9.17) is 68.7 Å². The van der Waals surface area contributed by atoms with Crippen molar-refractivity contribution >= 4 is 50.7 Å². The highest BCUT2D eigenvalue weighted by Crippen LogP contribution is 2.32. The van der Waals surface area contributed by atoms with Crippen molar-refractivity contribution < 1.29 is 116 Å². The van der Waals surface area contributed by atoms with Crippen molar-refractivity contribution in [3.63, 3.8) is 0 Å². The topological polar surface area (TPSA) is 434 Å². The monoisotopic (exact) mass is 1820 g/mol. The van der Waals surface area contributed by atoms with Gasteiger partial charge >= 0.3 is 0 Å². The van der Waals surface area contributed by atoms with Crippen LogP contribution in [0.25, 0.3) is 78.0 Å². The number of sulfone groups is 4. The average molecular weight is 1820 g/mol. The number of aromatic nitrogens is 12. The lowest BCUT2D eigenvalue weighted by Gasteiger charge is -2.11. The smallest absolute Gasteiger partial charge is 0.255 e. The lowest BCUT2D eigenvalue weighted by atomic mass is 10.2. The summed E-state index contributed by atoms with van der Waals surface area (Å²) < 4.78 is 237. The maximum Gasteiger partial charge on any atom is 0.255 e. The van der Waals surface area contributed by atoms with Gasteiger partial charge in [0, 0.05) is 36.1 Å². The summed E-state index contributed by atoms with van der Waals surface area (Å²) in [5.74, 6) is -1.92. The van der Waals surface area contributed by atoms with E-state index in [2.05, 4.69) is 70.5 Å². The molecule has 0 fully saturated rings. The molecule has 0 radical (unpaired) electrons. The Kier molecular flexibility index (Phi) is 35.9. The van der Waals surface area contributed by atoms with Gasteiger partial charge in [0.25, 0.3) is 35.3 Å². The quantitative estimate of drug-likeness (QED) is 0.0324. The van der Waals surface area contributed by atoms with Gasteiger partial charge < -0.3 is 55.6 Å². The third-order valence-corrected chi connectivity index (χ3v) is 20.3. The second-order valence-corrected chi connectivity index (χ2v) is 36.7. The van der Waals surface area contributed by atoms with E-state index >= 15 is 0 Å². The Morgan fingerprint density at radius 2 is 0.576 bits per heavy atom. The number of nitrogens with zero attached hydrogens (tertiary/aromatic N) is 14. The lowest BCUT2D eigenvalue weighted by Crippen LogP contribution is -2.07. The van der Waals surface area contributed by atoms with Crippen LogP contribution in [0, 0.1) is 48.0 Å². The van der Waals surface area contributed by atoms with Gasteiger partial charge in [-0.15, -0.1) is 0 Å². The maximum absolute atomic E-state index is 14.1. The van der Waals surface area contributed by atoms with Gasteiger partial charge in [0.2, 0.25) is 34.9 Å². The summed E-state index contributed by atoms with van der Waals surface area (Å²) in [7, 11) is -14.1. The van der Waals surface area contributed by atoms with Crippen molar-refractivity contribution in [2.75, 3.05) is 25.0 Å². The second-order valence-electron chi connectivity index (χ2n) is 28.7. The molecule has 3 atom stereocenters. The Morgan fingerprint density at radius 3 is 0.848 bits per heavy atom. The predicted octanol–water partition coefficient (Wildman–Crippen LogP) is 17.2. The minimum absolute atomic E-state index is 0.00293. The van der Waals surface area contributed by atoms with Crippen LogP contribution in [0.4, 0.5) is 37.7 Å². The molecular weight excluding hydrogens is 1730 g/mol. The minimum Gasteiger partial charge on any atom is -0.369 e. The summed E-state index contributed by atoms with van der Waals surface area (Å²) in [5, 5.41) is 22.3. The Bertz CT molecular complexity index is 6210. The van der Waals surface area contributed by atoms with Crippen LogP contribution in [-0.4, -0.2) is 156 Å². The fourth-order valence-corrected chi connectivity index (χ4v) is 12.9. The lowest BCUT2D eigenvalue weighted by molar-refractivity contribution is -0.000209. The highest BCUT2D eigenvalue weighted by molar-refractivity contribution is 7.91. The molecule has 34 nitrogen and oxygen atoms in total. The van der Waals surface area contributed by atoms with Gasteiger partial charge in [-0.25, -0.2) is 69.7 Å². The van der Waals surface area contributed by atoms with Crippen molar-refractivity contribution in [2.24, 2.45) is 0 Å². The van der Waals surface area contributed by atoms with Crippen molar-refractivity contribution in [1.29, 1.82) is 0 Å². The number of halogens is 6. The molecular formula is C81H90F6N14O20S4. The molecule has 125 heavy (non-hydrogen) atoms. The number of hydrogen-bond donors (Lipinski definition) is 0. The van der Waals surface area contributed by atoms with Gasteiger partial charge in [0.05, 0.1) is 81.8 Å². The minimum atomic E-state index is -3.61. The first-order chi connectivity index (χ1) is 58.5. The van der Waals surface area contributed by atoms with Gasteiger partial charge in [-0.1, -0.05) is 55.2 Å². The average Bonchev–Trinajstić information content (AvgIpc) is 0.967. The van der Waals surface area contributed by atoms with Gasteiger partial charge in [-0.3, -0.25) is 0 Å². The summed E-state index contributed by atoms with van der Waals surface area (Å²) in [6.45, 7) is 42.0. The zero-order chi connectivity index (χ0) is 92.8. The summed E-state index contributed by atoms with van der Waals surface area (Å²) in [6, 6.07) is 22.7. The molecule has 0 aliphatic carbocycles. The first kappa shape index (κ1) is 100. The molecule has 6 heterocycles. The highest BCUT2D eigenvalue weighted by atomic mass is 32.2. The zero-order valence-electron chi connectivity index (χ0n) is 71.0. The van der Waals surface area contributed by atoms with Gasteiger partial charge in [-0.2, -0.15) is 29.9 Å². The normalized spacial score (nSPS) is 12.4. The van der Waals surface area contributed by atoms with Crippen molar-refractivity contribution in [2.45, 2.75) is 198 Å². The van der Waals surface area contributed by atoms with Crippen LogP contribution in [0.2, 0.25) is 0 Å². The molecule has 670 valence electrons. The second kappa shape index (κ2) is 44.7. The van der Waals surface area contributed by atoms with Crippen molar-refractivity contribution in [3.8, 4) is 68.3 Å². The van der Waals surface area contributed by atoms with Crippen LogP contribution in [0.1, 0.15) is 158 Å². The molecule has 6 aromatic carbocycles. The maximum atomic E-state index is 14.1. The highest BCUT2D eigenvalue weighted by Gasteiger charge is 2.26. The van der Waals surface area contributed by atoms with Crippen LogP contribution in [-0.2, 0) is 87.6 Å². The van der Waals surface area contributed by atoms with E-state index in [-0.39, 0.29) is 186 Å². The summed E-state index contributed by atoms with van der Waals surface area (Å²) >= 11 is 0. The van der Waals surface area contributed by atoms with Crippen LogP contribution in [0.3, 0.4) is 0 Å². The third kappa shape index (κ3) is 30.6. The van der Waals surface area contributed by atoms with Crippen LogP contribution >= 0.6 is 0 Å². The standard InChI is InChI=1S/C14H14FN3O2.2C14H17FN2O4S.C13H12FN3O2.2C13H15FN2O4S/c1-8(2)19-9(3)14-17-13(18-20-14)11-6-5-10(16-4)7-12(11)15;1-8(2)20-9(3)14-16-13(17-21-14)10-5-6-12(11(15)7-10)22(4,18)19;1-8(2)20-9(3)14-16-13(17-21-14)11-6-5-10(7-12(11)15)22(4,18)19;1-8(2)18-7-12-16-13(17-19-12)10-5-4-9(15-3)6-11(10)14;1-8(2)19-7-12-15-13(16-20-12)9-4-5-11(10(14)6-9)21(3,17)18;1-8(2)19-7-12-15-13(16-20-12)10-5-4-9(6-11(10)14)21(3,17)18/h5-9H,1-3H3;2*5-9H,1-4H3;4-6,8H,7H2,1-2H3;2*4-6,8H,7H2,1-3H3. The first-order valence-electron chi connectivity index (χ1n) is 37.7. The first-order valence-corrected chi connectivity index (χ1v) is 45.2. The largest absolute Gasteiger partial charge is 0.369 e. The number of ether oxygens (including phenoxy) is 6. The van der Waals surface area contributed by atoms with Crippen LogP contribution in [0.15, 0.2) is 156 Å². The summed E-state index contributed by atoms with van der Waals surface area (Å²) in [5.41, 5.74) is 1.66. The Hall–Kier alpha value is -11.7. The Labute approximate surface area is 717 Å². The fraction of sp³-hybridized carbons (Fsp3) is 0.383. The molecule has 0 aliphatic rings. The summed E-state index contributed by atoms with van der Waals surface area (Å²) in [6.07, 6.45) is 2.83. The van der Waals surface area contributed by atoms with E-state index in [0.717, 1.165) is 61.4 Å². The number of benzene rings is 6. The van der Waals surface area contributed by atoms with E-state index in [1.54, 1.807) is 20.8 Å². The molecule has 12 rings (SSSR count). The van der Waals surface area contributed by atoms with Crippen LogP contribution < -0.4 is 0 Å². The van der Waals surface area contributed by atoms with Crippen molar-refractivity contribution in [3.05, 3.63) is 202 Å². The Balaban J connectivity index is 0.000000206. The number of rotatable bonds is 28. The van der Waals surface area contributed by atoms with Gasteiger partial charge in [-0.05, 0) is 189 Å². The molecule has 0 aliphatic heterocycles. The van der Waals surface area contributed by atoms with Gasteiger partial charge in [0.1, 0.15) is 82.8 Å². The predicted molar refractivity (Wildman–Crippen MR) is 437 cm³/mol. The number of hydrogen-bond acceptors (Lipinski definition) is 32. The van der Waals surface area contributed by atoms with Gasteiger partial charge in [0.15, 0.2) is 50.7 Å². The zero-order valence-corrected chi connectivity index (χ0v) is 74.3. The fourth-order valence-electron chi connectivity index (χ4n) is 10.1. The molecule has 0 spiro atoms. The van der Waals surface area contributed by atoms with E-state index in [1.807, 2.05) is 83.1 Å². The molecule has 12 aromatic rings. The van der Waals surface area contributed by atoms with E-state index < -0.39 is 80.4 Å². The summed E-state index contributed by atoms with van der Waals surface area (Å²) in [4.78, 5) is 29.9. The van der Waals surface area contributed by atoms with Crippen LogP contribution in [0.5, 0.6) is 0 Å². The molecule has 0 N–H and O–H groups in total. The van der Waals surface area contributed by atoms with E-state index in [1.165, 1.54) is 72.8 Å². The molecule has 0 saturated heterocycles. The van der Waals surface area contributed by atoms with E-state index in [0.29, 0.717) is 17.0 Å². The van der Waals surface area contributed by atoms with E-state index in [9.17, 15) is 60.0 Å². The molecule has 3 unspecified atom stereocenters.